The Balaban J connectivity index is 6.81. The molecule has 19 heteroatoms. The summed E-state index contributed by atoms with van der Waals surface area (Å²) in [4.78, 5) is 0. The topological polar surface area (TPSA) is 0 Å². The summed E-state index contributed by atoms with van der Waals surface area (Å²) in [5.41, 5.74) is 0. The lowest BCUT2D eigenvalue weighted by molar-refractivity contribution is -0.460. The van der Waals surface area contributed by atoms with Gasteiger partial charge >= 0.3 is 47.6 Å². The lowest BCUT2D eigenvalue weighted by Crippen LogP contribution is -2.74. The van der Waals surface area contributed by atoms with Gasteiger partial charge in [-0.2, -0.15) is 74.6 Å². The van der Waals surface area contributed by atoms with Crippen LogP contribution in [-0.2, 0) is 0 Å². The minimum atomic E-state index is -8.82. The lowest BCUT2D eigenvalue weighted by atomic mass is 9.89. The third kappa shape index (κ3) is 3.27. The van der Waals surface area contributed by atoms with Crippen molar-refractivity contribution in [3.05, 3.63) is 12.2 Å². The van der Waals surface area contributed by atoms with E-state index in [1.54, 1.807) is 0 Å². The van der Waals surface area contributed by atoms with E-state index in [0.717, 1.165) is 0 Å². The quantitative estimate of drug-likeness (QED) is 0.352. The van der Waals surface area contributed by atoms with Gasteiger partial charge in [0, 0.05) is 0 Å². The van der Waals surface area contributed by atoms with Gasteiger partial charge in [0.15, 0.2) is 0 Å². The van der Waals surface area contributed by atoms with Gasteiger partial charge in [-0.05, 0) is 0 Å². The van der Waals surface area contributed by atoms with Gasteiger partial charge < -0.3 is 0 Å². The summed E-state index contributed by atoms with van der Waals surface area (Å²) in [7, 11) is 0. The van der Waals surface area contributed by atoms with Gasteiger partial charge in [0.05, 0.1) is 0 Å². The fourth-order valence-electron chi connectivity index (χ4n) is 1.38. The van der Waals surface area contributed by atoms with E-state index in [-0.39, 0.29) is 0 Å². The summed E-state index contributed by atoms with van der Waals surface area (Å²) in [5, 5.41) is 0. The molecule has 0 heterocycles. The molecule has 0 N–H and O–H groups in total. The van der Waals surface area contributed by atoms with Crippen LogP contribution in [0.2, 0.25) is 0 Å². The number of hydrogen-bond acceptors (Lipinski definition) is 0. The predicted molar refractivity (Wildman–Crippen MR) is 51.0 cm³/mol. The van der Waals surface area contributed by atoms with Crippen molar-refractivity contribution in [1.82, 2.24) is 0 Å². The average molecular weight is 482 g/mol. The number of allylic oxidation sites excluding steroid dienone is 1. The molecule has 0 nitrogen and oxygen atoms in total. The first-order chi connectivity index (χ1) is 12.2. The van der Waals surface area contributed by atoms with Crippen molar-refractivity contribution in [2.75, 3.05) is 0 Å². The normalized spacial score (nSPS) is 17.0. The smallest absolute Gasteiger partial charge is 0.212 e. The number of alkyl halides is 17. The van der Waals surface area contributed by atoms with Crippen molar-refractivity contribution in [2.45, 2.75) is 47.6 Å². The third-order valence-corrected chi connectivity index (χ3v) is 3.12. The van der Waals surface area contributed by atoms with E-state index in [1.807, 2.05) is 0 Å². The van der Waals surface area contributed by atoms with E-state index in [1.165, 1.54) is 0 Å². The number of rotatable bonds is 7. The molecule has 0 saturated heterocycles. The Morgan fingerprint density at radius 3 is 0.897 bits per heavy atom. The maximum atomic E-state index is 13.1. The molecular weight excluding hydrogens is 481 g/mol. The second kappa shape index (κ2) is 6.71. The molecule has 0 atom stereocenters. The molecule has 0 saturated carbocycles. The number of hydrogen-bond donors (Lipinski definition) is 0. The van der Waals surface area contributed by atoms with E-state index in [4.69, 9.17) is 0 Å². The molecule has 0 aromatic carbocycles. The maximum absolute atomic E-state index is 13.1. The van der Waals surface area contributed by atoms with Crippen LogP contribution < -0.4 is 0 Å². The summed E-state index contributed by atoms with van der Waals surface area (Å²) in [6.45, 7) is 0. The molecule has 0 aromatic rings. The highest BCUT2D eigenvalue weighted by Crippen LogP contribution is 2.64. The SMILES string of the molecule is FC=C(F)C(F)(F)C(F)(F)C(F)(F)C(F)(F)C(F)(F)C(F)(F)C(F)(F)C(F)(F)F. The molecule has 0 aliphatic rings. The zero-order chi connectivity index (χ0) is 24.3. The Hall–Kier alpha value is -1.59. The standard InChI is InChI=1S/C10HF19/c11-1-2(12)3(13,14)4(15,16)5(17,18)6(19,20)7(21,22)8(23,24)9(25,26)10(27,28)29/h1H. The molecule has 29 heavy (non-hydrogen) atoms. The third-order valence-electron chi connectivity index (χ3n) is 3.12. The summed E-state index contributed by atoms with van der Waals surface area (Å²) in [5.74, 6) is -63.3. The molecule has 0 bridgehead atoms. The zero-order valence-electron chi connectivity index (χ0n) is 12.3. The van der Waals surface area contributed by atoms with Gasteiger partial charge in [0.1, 0.15) is 6.33 Å². The second-order valence-electron chi connectivity index (χ2n) is 4.98. The van der Waals surface area contributed by atoms with Crippen molar-refractivity contribution in [1.29, 1.82) is 0 Å². The molecule has 0 radical (unpaired) electrons. The predicted octanol–water partition coefficient (Wildman–Crippen LogP) is 6.78. The Labute approximate surface area is 144 Å². The zero-order valence-corrected chi connectivity index (χ0v) is 12.3. The van der Waals surface area contributed by atoms with E-state index < -0.39 is 59.8 Å². The maximum Gasteiger partial charge on any atom is 0.460 e. The van der Waals surface area contributed by atoms with Crippen molar-refractivity contribution in [3.8, 4) is 0 Å². The van der Waals surface area contributed by atoms with E-state index in [0.29, 0.717) is 0 Å². The number of halogens is 19. The van der Waals surface area contributed by atoms with E-state index >= 15 is 0 Å². The molecule has 0 aliphatic carbocycles. The molecule has 0 aromatic heterocycles. The van der Waals surface area contributed by atoms with Crippen LogP contribution in [-0.4, -0.2) is 47.6 Å². The van der Waals surface area contributed by atoms with Gasteiger partial charge in [-0.25, -0.2) is 8.78 Å². The minimum Gasteiger partial charge on any atom is -0.212 e. The van der Waals surface area contributed by atoms with Crippen LogP contribution in [0.1, 0.15) is 0 Å². The van der Waals surface area contributed by atoms with Crippen LogP contribution in [0.5, 0.6) is 0 Å². The summed E-state index contributed by atoms with van der Waals surface area (Å²) >= 11 is 0. The first-order valence-electron chi connectivity index (χ1n) is 5.91. The second-order valence-corrected chi connectivity index (χ2v) is 4.98. The van der Waals surface area contributed by atoms with Crippen molar-refractivity contribution >= 4 is 0 Å². The molecule has 0 spiro atoms. The molecule has 0 rings (SSSR count). The van der Waals surface area contributed by atoms with Crippen LogP contribution in [0.4, 0.5) is 83.4 Å². The van der Waals surface area contributed by atoms with Gasteiger partial charge in [-0.3, -0.25) is 0 Å². The largest absolute Gasteiger partial charge is 0.460 e. The molecular formula is C10HF19. The summed E-state index contributed by atoms with van der Waals surface area (Å²) in [6, 6.07) is 0. The van der Waals surface area contributed by atoms with Crippen molar-refractivity contribution in [2.24, 2.45) is 0 Å². The first kappa shape index (κ1) is 27.4. The van der Waals surface area contributed by atoms with Gasteiger partial charge in [-0.1, -0.05) is 0 Å². The molecule has 0 aliphatic heterocycles. The van der Waals surface area contributed by atoms with E-state index in [2.05, 4.69) is 0 Å². The van der Waals surface area contributed by atoms with Crippen molar-refractivity contribution in [3.63, 3.8) is 0 Å². The Morgan fingerprint density at radius 2 is 0.655 bits per heavy atom. The summed E-state index contributed by atoms with van der Waals surface area (Å²) < 4.78 is 239. The van der Waals surface area contributed by atoms with Crippen LogP contribution in [0.3, 0.4) is 0 Å². The highest BCUT2D eigenvalue weighted by Gasteiger charge is 2.95. The first-order valence-corrected chi connectivity index (χ1v) is 5.91. The van der Waals surface area contributed by atoms with Crippen molar-refractivity contribution < 1.29 is 83.4 Å². The molecule has 0 fully saturated rings. The van der Waals surface area contributed by atoms with Gasteiger partial charge in [0.2, 0.25) is 5.83 Å². The lowest BCUT2D eigenvalue weighted by Gasteiger charge is -2.42. The Bertz CT molecular complexity index is 634. The van der Waals surface area contributed by atoms with Crippen LogP contribution in [0, 0.1) is 0 Å². The van der Waals surface area contributed by atoms with Gasteiger partial charge in [-0.15, -0.1) is 0 Å². The Morgan fingerprint density at radius 1 is 0.414 bits per heavy atom. The van der Waals surface area contributed by atoms with Crippen LogP contribution in [0.15, 0.2) is 12.2 Å². The molecule has 174 valence electrons. The fourth-order valence-corrected chi connectivity index (χ4v) is 1.38. The fraction of sp³-hybridized carbons (Fsp3) is 0.800. The molecule has 0 unspecified atom stereocenters. The average Bonchev–Trinajstić information content (AvgIpc) is 2.51. The van der Waals surface area contributed by atoms with Gasteiger partial charge in [0.25, 0.3) is 0 Å². The highest BCUT2D eigenvalue weighted by molar-refractivity contribution is 5.19. The monoisotopic (exact) mass is 482 g/mol. The van der Waals surface area contributed by atoms with Crippen LogP contribution in [0.25, 0.3) is 0 Å². The minimum absolute atomic E-state index is 2.27. The Kier molecular flexibility index (Phi) is 6.34. The van der Waals surface area contributed by atoms with Crippen LogP contribution >= 0.6 is 0 Å². The highest BCUT2D eigenvalue weighted by atomic mass is 19.4. The van der Waals surface area contributed by atoms with E-state index in [9.17, 15) is 83.4 Å². The summed E-state index contributed by atoms with van der Waals surface area (Å²) in [6.07, 6.45) is -10.1. The molecule has 0 amide bonds.